The third kappa shape index (κ3) is 5.30. The van der Waals surface area contributed by atoms with E-state index in [1.165, 1.54) is 0 Å². The number of nitrogens with one attached hydrogen (secondary N) is 2. The summed E-state index contributed by atoms with van der Waals surface area (Å²) in [6.45, 7) is 8.01. The lowest BCUT2D eigenvalue weighted by molar-refractivity contribution is 0.0887. The van der Waals surface area contributed by atoms with Gasteiger partial charge < -0.3 is 15.4 Å². The van der Waals surface area contributed by atoms with Crippen LogP contribution in [0.4, 0.5) is 5.69 Å². The predicted octanol–water partition coefficient (Wildman–Crippen LogP) is 2.44. The Bertz CT molecular complexity index is 417. The van der Waals surface area contributed by atoms with Gasteiger partial charge in [0.25, 0.3) is 5.91 Å². The number of hydrogen-bond donors (Lipinski definition) is 2. The quantitative estimate of drug-likeness (QED) is 0.744. The molecule has 1 rings (SSSR count). The van der Waals surface area contributed by atoms with Gasteiger partial charge in [-0.25, -0.2) is 0 Å². The van der Waals surface area contributed by atoms with Crippen LogP contribution < -0.4 is 10.6 Å². The molecule has 19 heavy (non-hydrogen) atoms. The van der Waals surface area contributed by atoms with Gasteiger partial charge in [0.15, 0.2) is 0 Å². The van der Waals surface area contributed by atoms with E-state index in [0.29, 0.717) is 24.6 Å². The van der Waals surface area contributed by atoms with Crippen LogP contribution in [0.25, 0.3) is 0 Å². The topological polar surface area (TPSA) is 50.4 Å². The molecule has 0 heterocycles. The third-order valence-electron chi connectivity index (χ3n) is 2.67. The lowest BCUT2D eigenvalue weighted by atomic mass is 10.1. The number of hydrogen-bond acceptors (Lipinski definition) is 3. The summed E-state index contributed by atoms with van der Waals surface area (Å²) in [6, 6.07) is 5.74. The van der Waals surface area contributed by atoms with Crippen molar-refractivity contribution in [2.75, 3.05) is 32.1 Å². The van der Waals surface area contributed by atoms with Crippen LogP contribution in [0.1, 0.15) is 29.8 Å². The van der Waals surface area contributed by atoms with Gasteiger partial charge in [-0.2, -0.15) is 0 Å². The third-order valence-corrected chi connectivity index (χ3v) is 2.67. The summed E-state index contributed by atoms with van der Waals surface area (Å²) < 4.78 is 5.43. The fraction of sp³-hybridized carbons (Fsp3) is 0.533. The van der Waals surface area contributed by atoms with Crippen molar-refractivity contribution in [3.05, 3.63) is 29.3 Å². The summed E-state index contributed by atoms with van der Waals surface area (Å²) in [5, 5.41) is 5.90. The molecule has 106 valence electrons. The highest BCUT2D eigenvalue weighted by Gasteiger charge is 2.09. The van der Waals surface area contributed by atoms with Crippen molar-refractivity contribution in [2.24, 2.45) is 5.92 Å². The van der Waals surface area contributed by atoms with Crippen molar-refractivity contribution in [3.63, 3.8) is 0 Å². The van der Waals surface area contributed by atoms with Gasteiger partial charge in [-0.15, -0.1) is 0 Å². The van der Waals surface area contributed by atoms with Crippen LogP contribution in [0.15, 0.2) is 18.2 Å². The molecule has 2 N–H and O–H groups in total. The van der Waals surface area contributed by atoms with Gasteiger partial charge in [-0.05, 0) is 30.5 Å². The molecule has 1 aromatic rings. The maximum Gasteiger partial charge on any atom is 0.253 e. The molecule has 4 nitrogen and oxygen atoms in total. The van der Waals surface area contributed by atoms with E-state index in [9.17, 15) is 4.79 Å². The smallest absolute Gasteiger partial charge is 0.253 e. The van der Waals surface area contributed by atoms with Crippen molar-refractivity contribution in [2.45, 2.75) is 20.8 Å². The minimum atomic E-state index is -0.0718. The van der Waals surface area contributed by atoms with Gasteiger partial charge in [0.1, 0.15) is 0 Å². The second-order valence-corrected chi connectivity index (χ2v) is 5.02. The molecule has 0 atom stereocenters. The van der Waals surface area contributed by atoms with E-state index in [2.05, 4.69) is 24.5 Å². The number of anilines is 1. The van der Waals surface area contributed by atoms with Gasteiger partial charge in [0, 0.05) is 25.9 Å². The van der Waals surface area contributed by atoms with Crippen molar-refractivity contribution in [1.82, 2.24) is 5.32 Å². The monoisotopic (exact) mass is 264 g/mol. The fourth-order valence-electron chi connectivity index (χ4n) is 1.71. The summed E-state index contributed by atoms with van der Waals surface area (Å²) in [6.07, 6.45) is 0. The zero-order valence-electron chi connectivity index (χ0n) is 12.2. The summed E-state index contributed by atoms with van der Waals surface area (Å²) >= 11 is 0. The van der Waals surface area contributed by atoms with Gasteiger partial charge in [-0.3, -0.25) is 4.79 Å². The van der Waals surface area contributed by atoms with Gasteiger partial charge in [-0.1, -0.05) is 19.9 Å². The Hall–Kier alpha value is -1.55. The second kappa shape index (κ2) is 7.79. The van der Waals surface area contributed by atoms with Crippen molar-refractivity contribution < 1.29 is 9.53 Å². The van der Waals surface area contributed by atoms with Gasteiger partial charge in [0.05, 0.1) is 12.2 Å². The Morgan fingerprint density at radius 1 is 1.37 bits per heavy atom. The van der Waals surface area contributed by atoms with Crippen LogP contribution in [0.3, 0.4) is 0 Å². The lowest BCUT2D eigenvalue weighted by Gasteiger charge is -2.11. The Kier molecular flexibility index (Phi) is 6.36. The molecule has 0 fully saturated rings. The zero-order valence-corrected chi connectivity index (χ0v) is 12.2. The Morgan fingerprint density at radius 2 is 2.11 bits per heavy atom. The van der Waals surface area contributed by atoms with E-state index in [1.807, 2.05) is 32.2 Å². The van der Waals surface area contributed by atoms with E-state index in [0.717, 1.165) is 17.9 Å². The molecule has 1 amide bonds. The van der Waals surface area contributed by atoms with E-state index in [1.54, 1.807) is 0 Å². The molecular weight excluding hydrogens is 240 g/mol. The Balaban J connectivity index is 2.45. The highest BCUT2D eigenvalue weighted by molar-refractivity contribution is 5.99. The number of benzene rings is 1. The Labute approximate surface area is 115 Å². The highest BCUT2D eigenvalue weighted by Crippen LogP contribution is 2.16. The molecule has 0 radical (unpaired) electrons. The first-order valence-electron chi connectivity index (χ1n) is 6.69. The van der Waals surface area contributed by atoms with Crippen LogP contribution >= 0.6 is 0 Å². The summed E-state index contributed by atoms with van der Waals surface area (Å²) in [4.78, 5) is 12.0. The first kappa shape index (κ1) is 15.5. The SMILES string of the molecule is CNc1cc(C)ccc1C(=O)NCCOCC(C)C. The van der Waals surface area contributed by atoms with E-state index in [4.69, 9.17) is 4.74 Å². The maximum absolute atomic E-state index is 12.0. The van der Waals surface area contributed by atoms with Crippen LogP contribution in [0.2, 0.25) is 0 Å². The molecule has 0 bridgehead atoms. The van der Waals surface area contributed by atoms with Crippen LogP contribution in [-0.2, 0) is 4.74 Å². The molecule has 1 aromatic carbocycles. The number of ether oxygens (including phenoxy) is 1. The molecule has 0 spiro atoms. The molecular formula is C15H24N2O2. The number of carbonyl (C=O) groups excluding carboxylic acids is 1. The highest BCUT2D eigenvalue weighted by atomic mass is 16.5. The first-order valence-corrected chi connectivity index (χ1v) is 6.69. The summed E-state index contributed by atoms with van der Waals surface area (Å²) in [5.74, 6) is 0.446. The van der Waals surface area contributed by atoms with Gasteiger partial charge >= 0.3 is 0 Å². The molecule has 0 unspecified atom stereocenters. The van der Waals surface area contributed by atoms with E-state index < -0.39 is 0 Å². The van der Waals surface area contributed by atoms with Crippen molar-refractivity contribution >= 4 is 11.6 Å². The normalized spacial score (nSPS) is 10.6. The van der Waals surface area contributed by atoms with Crippen LogP contribution in [0, 0.1) is 12.8 Å². The average molecular weight is 264 g/mol. The molecule has 0 aliphatic rings. The van der Waals surface area contributed by atoms with Crippen molar-refractivity contribution in [1.29, 1.82) is 0 Å². The lowest BCUT2D eigenvalue weighted by Crippen LogP contribution is -2.28. The summed E-state index contributed by atoms with van der Waals surface area (Å²) in [5.41, 5.74) is 2.64. The van der Waals surface area contributed by atoms with Crippen molar-refractivity contribution in [3.8, 4) is 0 Å². The zero-order chi connectivity index (χ0) is 14.3. The minimum absolute atomic E-state index is 0.0718. The molecule has 0 saturated carbocycles. The second-order valence-electron chi connectivity index (χ2n) is 5.02. The Morgan fingerprint density at radius 3 is 2.74 bits per heavy atom. The number of rotatable bonds is 7. The minimum Gasteiger partial charge on any atom is -0.387 e. The molecule has 0 aliphatic carbocycles. The number of amides is 1. The molecule has 0 aliphatic heterocycles. The van der Waals surface area contributed by atoms with E-state index >= 15 is 0 Å². The van der Waals surface area contributed by atoms with Crippen LogP contribution in [-0.4, -0.2) is 32.7 Å². The van der Waals surface area contributed by atoms with E-state index in [-0.39, 0.29) is 5.91 Å². The fourth-order valence-corrected chi connectivity index (χ4v) is 1.71. The largest absolute Gasteiger partial charge is 0.387 e. The van der Waals surface area contributed by atoms with Crippen LogP contribution in [0.5, 0.6) is 0 Å². The predicted molar refractivity (Wildman–Crippen MR) is 78.7 cm³/mol. The molecule has 4 heteroatoms. The maximum atomic E-state index is 12.0. The standard InChI is InChI=1S/C15H24N2O2/c1-11(2)10-19-8-7-17-15(18)13-6-5-12(3)9-14(13)16-4/h5-6,9,11,16H,7-8,10H2,1-4H3,(H,17,18). The number of carbonyl (C=O) groups is 1. The number of aryl methyl sites for hydroxylation is 1. The molecule has 0 saturated heterocycles. The van der Waals surface area contributed by atoms with Gasteiger partial charge in [0.2, 0.25) is 0 Å². The summed E-state index contributed by atoms with van der Waals surface area (Å²) in [7, 11) is 1.82. The molecule has 0 aromatic heterocycles. The first-order chi connectivity index (χ1) is 9.04. The average Bonchev–Trinajstić information content (AvgIpc) is 2.37.